The van der Waals surface area contributed by atoms with Gasteiger partial charge in [0, 0.05) is 32.8 Å². The molecule has 6 aromatic carbocycles. The molecular formula is C40H28N4. The van der Waals surface area contributed by atoms with E-state index in [0.29, 0.717) is 5.71 Å². The number of hydrogen-bond acceptors (Lipinski definition) is 2. The van der Waals surface area contributed by atoms with Crippen LogP contribution in [-0.4, -0.2) is 21.2 Å². The van der Waals surface area contributed by atoms with Gasteiger partial charge in [-0.15, -0.1) is 0 Å². The first-order valence-electron chi connectivity index (χ1n) is 14.7. The molecule has 4 heteroatoms. The lowest BCUT2D eigenvalue weighted by atomic mass is 10.1. The van der Waals surface area contributed by atoms with Crippen LogP contribution in [0.15, 0.2) is 163 Å². The van der Waals surface area contributed by atoms with E-state index in [0.717, 1.165) is 44.6 Å². The number of hydrogen-bond donors (Lipinski definition) is 1. The molecule has 0 amide bonds. The van der Waals surface area contributed by atoms with Crippen LogP contribution < -0.4 is 0 Å². The summed E-state index contributed by atoms with van der Waals surface area (Å²) in [5.41, 5.74) is 8.52. The zero-order valence-corrected chi connectivity index (χ0v) is 23.9. The molecule has 0 aliphatic heterocycles. The maximum Gasteiger partial charge on any atom is 0.100 e. The Hall–Kier alpha value is -6.00. The highest BCUT2D eigenvalue weighted by molar-refractivity contribution is 6.25. The molecule has 0 aliphatic rings. The Morgan fingerprint density at radius 3 is 1.70 bits per heavy atom. The highest BCUT2D eigenvalue weighted by Gasteiger charge is 2.19. The molecule has 0 radical (unpaired) electrons. The Morgan fingerprint density at radius 2 is 1.02 bits per heavy atom. The Bertz CT molecular complexity index is 2380. The van der Waals surface area contributed by atoms with Crippen LogP contribution in [0.1, 0.15) is 11.1 Å². The molecule has 2 heterocycles. The van der Waals surface area contributed by atoms with Gasteiger partial charge in [0.2, 0.25) is 0 Å². The summed E-state index contributed by atoms with van der Waals surface area (Å²) in [6, 6.07) is 52.1. The van der Waals surface area contributed by atoms with Crippen molar-refractivity contribution in [2.24, 2.45) is 4.99 Å². The molecule has 8 aromatic rings. The van der Waals surface area contributed by atoms with Crippen LogP contribution in [-0.2, 0) is 0 Å². The fraction of sp³-hybridized carbons (Fsp3) is 0. The monoisotopic (exact) mass is 564 g/mol. The summed E-state index contributed by atoms with van der Waals surface area (Å²) in [7, 11) is 0. The number of benzene rings is 6. The Kier molecular flexibility index (Phi) is 6.24. The Labute approximate surface area is 255 Å². The number of fused-ring (bicyclic) bond motifs is 7. The van der Waals surface area contributed by atoms with Crippen LogP contribution >= 0.6 is 0 Å². The van der Waals surface area contributed by atoms with Crippen molar-refractivity contribution < 1.29 is 0 Å². The lowest BCUT2D eigenvalue weighted by Crippen LogP contribution is -2.00. The highest BCUT2D eigenvalue weighted by atomic mass is 15.1. The predicted octanol–water partition coefficient (Wildman–Crippen LogP) is 9.88. The zero-order chi connectivity index (χ0) is 29.5. The van der Waals surface area contributed by atoms with Gasteiger partial charge >= 0.3 is 0 Å². The van der Waals surface area contributed by atoms with Gasteiger partial charge in [-0.25, -0.2) is 4.99 Å². The Morgan fingerprint density at radius 1 is 0.500 bits per heavy atom. The van der Waals surface area contributed by atoms with Gasteiger partial charge in [0.25, 0.3) is 0 Å². The van der Waals surface area contributed by atoms with Crippen molar-refractivity contribution in [3.63, 3.8) is 0 Å². The van der Waals surface area contributed by atoms with Crippen molar-refractivity contribution in [3.05, 3.63) is 169 Å². The Balaban J connectivity index is 1.43. The van der Waals surface area contributed by atoms with E-state index in [-0.39, 0.29) is 0 Å². The first-order chi connectivity index (χ1) is 21.8. The van der Waals surface area contributed by atoms with Crippen molar-refractivity contribution >= 4 is 61.4 Å². The lowest BCUT2D eigenvalue weighted by molar-refractivity contribution is 1.18. The minimum absolute atomic E-state index is 0.412. The summed E-state index contributed by atoms with van der Waals surface area (Å²) in [5.74, 6) is 0. The highest BCUT2D eigenvalue weighted by Crippen LogP contribution is 2.39. The van der Waals surface area contributed by atoms with Crippen LogP contribution in [0.25, 0.3) is 55.0 Å². The molecule has 0 bridgehead atoms. The summed E-state index contributed by atoms with van der Waals surface area (Å²) < 4.78 is 4.59. The first-order valence-corrected chi connectivity index (χ1v) is 14.7. The maximum absolute atomic E-state index is 8.86. The predicted molar refractivity (Wildman–Crippen MR) is 185 cm³/mol. The minimum Gasteiger partial charge on any atom is -0.307 e. The van der Waals surface area contributed by atoms with Gasteiger partial charge in [0.05, 0.1) is 33.5 Å². The molecular weight excluding hydrogens is 536 g/mol. The third-order valence-corrected chi connectivity index (χ3v) is 8.27. The van der Waals surface area contributed by atoms with Crippen LogP contribution in [0.3, 0.4) is 0 Å². The van der Waals surface area contributed by atoms with Gasteiger partial charge in [0.15, 0.2) is 0 Å². The number of para-hydroxylation sites is 3. The molecule has 1 N–H and O–H groups in total. The van der Waals surface area contributed by atoms with Crippen molar-refractivity contribution in [1.82, 2.24) is 9.13 Å². The quantitative estimate of drug-likeness (QED) is 0.154. The van der Waals surface area contributed by atoms with Crippen molar-refractivity contribution in [2.75, 3.05) is 0 Å². The SMILES string of the molecule is N=C(/C=C(\N=C\n1c2ccccc2c2ccc3c4ccccc4n(-c4ccccc4)c3c21)c1ccccc1)c1ccccc1. The average Bonchev–Trinajstić information content (AvgIpc) is 3.60. The summed E-state index contributed by atoms with van der Waals surface area (Å²) in [5, 5.41) is 13.6. The molecule has 44 heavy (non-hydrogen) atoms. The second-order valence-corrected chi connectivity index (χ2v) is 10.9. The number of aliphatic imine (C=N–C) groups is 1. The van der Waals surface area contributed by atoms with Gasteiger partial charge in [-0.3, -0.25) is 4.57 Å². The van der Waals surface area contributed by atoms with Crippen molar-refractivity contribution in [2.45, 2.75) is 0 Å². The first kappa shape index (κ1) is 25.7. The standard InChI is InChI=1S/C40H28N4/c41-35(28-14-4-1-5-15-28)26-36(29-16-6-2-7-17-29)42-27-43-37-22-12-10-20-31(37)33-24-25-34-32-21-11-13-23-38(32)44(40(34)39(33)43)30-18-8-3-9-19-30/h1-27,41H/b36-26-,41-35?,42-27+. The lowest BCUT2D eigenvalue weighted by Gasteiger charge is -2.10. The van der Waals surface area contributed by atoms with E-state index in [9.17, 15) is 0 Å². The zero-order valence-electron chi connectivity index (χ0n) is 23.9. The molecule has 0 saturated carbocycles. The summed E-state index contributed by atoms with van der Waals surface area (Å²) in [4.78, 5) is 5.11. The van der Waals surface area contributed by atoms with Crippen LogP contribution in [0.5, 0.6) is 0 Å². The normalized spacial score (nSPS) is 12.2. The summed E-state index contributed by atoms with van der Waals surface area (Å²) in [6.45, 7) is 0. The molecule has 0 saturated heterocycles. The largest absolute Gasteiger partial charge is 0.307 e. The second kappa shape index (κ2) is 10.7. The van der Waals surface area contributed by atoms with Gasteiger partial charge in [-0.2, -0.15) is 0 Å². The van der Waals surface area contributed by atoms with E-state index >= 15 is 0 Å². The molecule has 0 atom stereocenters. The summed E-state index contributed by atoms with van der Waals surface area (Å²) in [6.07, 6.45) is 3.78. The third-order valence-electron chi connectivity index (χ3n) is 8.27. The molecule has 4 nitrogen and oxygen atoms in total. The molecule has 0 spiro atoms. The van der Waals surface area contributed by atoms with E-state index in [2.05, 4.69) is 100 Å². The summed E-state index contributed by atoms with van der Waals surface area (Å²) >= 11 is 0. The molecule has 208 valence electrons. The molecule has 8 rings (SSSR count). The van der Waals surface area contributed by atoms with Crippen LogP contribution in [0.4, 0.5) is 0 Å². The van der Waals surface area contributed by atoms with Crippen LogP contribution in [0, 0.1) is 5.41 Å². The number of nitrogens with zero attached hydrogens (tertiary/aromatic N) is 3. The van der Waals surface area contributed by atoms with Gasteiger partial charge in [0.1, 0.15) is 6.34 Å². The molecule has 0 fully saturated rings. The van der Waals surface area contributed by atoms with E-state index in [1.54, 1.807) is 0 Å². The molecule has 2 aromatic heterocycles. The molecule has 0 aliphatic carbocycles. The number of allylic oxidation sites excluding steroid dienone is 1. The number of aromatic nitrogens is 2. The maximum atomic E-state index is 8.86. The number of rotatable bonds is 6. The van der Waals surface area contributed by atoms with Crippen LogP contribution in [0.2, 0.25) is 0 Å². The molecule has 0 unspecified atom stereocenters. The third kappa shape index (κ3) is 4.24. The van der Waals surface area contributed by atoms with Gasteiger partial charge in [-0.05, 0) is 35.9 Å². The number of nitrogens with one attached hydrogen (secondary N) is 1. The fourth-order valence-electron chi connectivity index (χ4n) is 6.26. The topological polar surface area (TPSA) is 46.1 Å². The van der Waals surface area contributed by atoms with E-state index in [4.69, 9.17) is 10.4 Å². The van der Waals surface area contributed by atoms with E-state index in [1.807, 2.05) is 73.1 Å². The average molecular weight is 565 g/mol. The van der Waals surface area contributed by atoms with Gasteiger partial charge < -0.3 is 9.98 Å². The van der Waals surface area contributed by atoms with Gasteiger partial charge in [-0.1, -0.05) is 127 Å². The van der Waals surface area contributed by atoms with E-state index < -0.39 is 0 Å². The van der Waals surface area contributed by atoms with E-state index in [1.165, 1.54) is 21.5 Å². The minimum atomic E-state index is 0.412. The second-order valence-electron chi connectivity index (χ2n) is 10.9. The van der Waals surface area contributed by atoms with Crippen molar-refractivity contribution in [3.8, 4) is 5.69 Å². The smallest absolute Gasteiger partial charge is 0.100 e. The fourth-order valence-corrected chi connectivity index (χ4v) is 6.26. The van der Waals surface area contributed by atoms with Crippen molar-refractivity contribution in [1.29, 1.82) is 5.41 Å².